The topological polar surface area (TPSA) is 29.1 Å². The highest BCUT2D eigenvalue weighted by Crippen LogP contribution is 2.26. The molecule has 18 heavy (non-hydrogen) atoms. The third-order valence-electron chi connectivity index (χ3n) is 2.51. The maximum absolute atomic E-state index is 12.0. The summed E-state index contributed by atoms with van der Waals surface area (Å²) >= 11 is 11.9. The largest absolute Gasteiger partial charge is 0.322 e. The minimum absolute atomic E-state index is 0.267. The van der Waals surface area contributed by atoms with Crippen LogP contribution in [0.4, 0.5) is 5.69 Å². The fraction of sp³-hybridized carbons (Fsp3) is 0.0714. The Kier molecular flexibility index (Phi) is 3.90. The van der Waals surface area contributed by atoms with Crippen molar-refractivity contribution in [3.63, 3.8) is 0 Å². The standard InChI is InChI=1S/C14H11Cl2NO/c1-9-5-7-10(8-6-9)17-14(18)11-3-2-4-12(15)13(11)16/h2-8H,1H3,(H,17,18). The minimum Gasteiger partial charge on any atom is -0.322 e. The van der Waals surface area contributed by atoms with Gasteiger partial charge in [0.15, 0.2) is 0 Å². The molecule has 2 aromatic carbocycles. The third-order valence-corrected chi connectivity index (χ3v) is 3.32. The Balaban J connectivity index is 2.22. The number of halogens is 2. The van der Waals surface area contributed by atoms with Crippen molar-refractivity contribution in [3.8, 4) is 0 Å². The smallest absolute Gasteiger partial charge is 0.257 e. The molecule has 0 spiro atoms. The zero-order valence-corrected chi connectivity index (χ0v) is 11.2. The normalized spacial score (nSPS) is 10.2. The summed E-state index contributed by atoms with van der Waals surface area (Å²) in [4.78, 5) is 12.0. The molecule has 0 aliphatic rings. The lowest BCUT2D eigenvalue weighted by Gasteiger charge is -2.07. The van der Waals surface area contributed by atoms with Crippen LogP contribution < -0.4 is 5.32 Å². The molecule has 1 amide bonds. The molecular weight excluding hydrogens is 269 g/mol. The summed E-state index contributed by atoms with van der Waals surface area (Å²) < 4.78 is 0. The molecule has 0 heterocycles. The van der Waals surface area contributed by atoms with E-state index in [0.717, 1.165) is 11.3 Å². The first-order chi connectivity index (χ1) is 8.58. The number of nitrogens with one attached hydrogen (secondary N) is 1. The lowest BCUT2D eigenvalue weighted by atomic mass is 10.2. The molecule has 2 nitrogen and oxygen atoms in total. The average Bonchev–Trinajstić information content (AvgIpc) is 2.35. The zero-order chi connectivity index (χ0) is 13.1. The molecule has 2 rings (SSSR count). The highest BCUT2D eigenvalue weighted by Gasteiger charge is 2.12. The van der Waals surface area contributed by atoms with Gasteiger partial charge in [-0.3, -0.25) is 4.79 Å². The van der Waals surface area contributed by atoms with Crippen molar-refractivity contribution in [2.24, 2.45) is 0 Å². The van der Waals surface area contributed by atoms with Crippen molar-refractivity contribution in [1.82, 2.24) is 0 Å². The van der Waals surface area contributed by atoms with E-state index in [2.05, 4.69) is 5.32 Å². The Morgan fingerprint density at radius 2 is 1.72 bits per heavy atom. The Labute approximate surface area is 116 Å². The van der Waals surface area contributed by atoms with E-state index in [0.29, 0.717) is 10.6 Å². The van der Waals surface area contributed by atoms with Crippen LogP contribution in [0.15, 0.2) is 42.5 Å². The summed E-state index contributed by atoms with van der Waals surface area (Å²) in [5.74, 6) is -0.272. The molecule has 0 fully saturated rings. The first-order valence-electron chi connectivity index (χ1n) is 5.40. The van der Waals surface area contributed by atoms with Crippen LogP contribution >= 0.6 is 23.2 Å². The van der Waals surface area contributed by atoms with Crippen LogP contribution in [0.25, 0.3) is 0 Å². The number of benzene rings is 2. The number of amides is 1. The Morgan fingerprint density at radius 3 is 2.39 bits per heavy atom. The van der Waals surface area contributed by atoms with E-state index in [4.69, 9.17) is 23.2 Å². The van der Waals surface area contributed by atoms with Crippen LogP contribution in [0.1, 0.15) is 15.9 Å². The van der Waals surface area contributed by atoms with Gasteiger partial charge < -0.3 is 5.32 Å². The third kappa shape index (κ3) is 2.84. The number of rotatable bonds is 2. The second kappa shape index (κ2) is 5.42. The Bertz CT molecular complexity index is 579. The van der Waals surface area contributed by atoms with Gasteiger partial charge >= 0.3 is 0 Å². The molecule has 0 radical (unpaired) electrons. The predicted molar refractivity (Wildman–Crippen MR) is 75.6 cm³/mol. The molecule has 0 aromatic heterocycles. The van der Waals surface area contributed by atoms with Crippen molar-refractivity contribution in [2.75, 3.05) is 5.32 Å². The van der Waals surface area contributed by atoms with Crippen LogP contribution in [0.3, 0.4) is 0 Å². The van der Waals surface area contributed by atoms with E-state index >= 15 is 0 Å². The number of anilines is 1. The minimum atomic E-state index is -0.272. The maximum Gasteiger partial charge on any atom is 0.257 e. The van der Waals surface area contributed by atoms with E-state index in [9.17, 15) is 4.79 Å². The van der Waals surface area contributed by atoms with Crippen LogP contribution in [0.5, 0.6) is 0 Å². The summed E-state index contributed by atoms with van der Waals surface area (Å²) in [5, 5.41) is 3.41. The monoisotopic (exact) mass is 279 g/mol. The van der Waals surface area contributed by atoms with Crippen molar-refractivity contribution >= 4 is 34.8 Å². The van der Waals surface area contributed by atoms with Crippen molar-refractivity contribution < 1.29 is 4.79 Å². The molecule has 0 atom stereocenters. The molecule has 0 bridgehead atoms. The SMILES string of the molecule is Cc1ccc(NC(=O)c2cccc(Cl)c2Cl)cc1. The molecule has 0 saturated heterocycles. The van der Waals surface area contributed by atoms with Gasteiger partial charge in [-0.1, -0.05) is 47.0 Å². The van der Waals surface area contributed by atoms with Crippen LogP contribution in [0.2, 0.25) is 10.0 Å². The van der Waals surface area contributed by atoms with Gasteiger partial charge in [0.05, 0.1) is 15.6 Å². The molecule has 1 N–H and O–H groups in total. The van der Waals surface area contributed by atoms with E-state index in [-0.39, 0.29) is 10.9 Å². The number of carbonyl (C=O) groups excluding carboxylic acids is 1. The van der Waals surface area contributed by atoms with Gasteiger partial charge in [-0.15, -0.1) is 0 Å². The van der Waals surface area contributed by atoms with Crippen molar-refractivity contribution in [3.05, 3.63) is 63.6 Å². The van der Waals surface area contributed by atoms with Gasteiger partial charge in [-0.2, -0.15) is 0 Å². The van der Waals surface area contributed by atoms with E-state index in [1.807, 2.05) is 31.2 Å². The predicted octanol–water partition coefficient (Wildman–Crippen LogP) is 4.55. The molecule has 2 aromatic rings. The Hall–Kier alpha value is -1.51. The van der Waals surface area contributed by atoms with E-state index in [1.165, 1.54) is 0 Å². The average molecular weight is 280 g/mol. The van der Waals surface area contributed by atoms with Gasteiger partial charge in [0.1, 0.15) is 0 Å². The second-order valence-electron chi connectivity index (χ2n) is 3.92. The maximum atomic E-state index is 12.0. The zero-order valence-electron chi connectivity index (χ0n) is 9.71. The van der Waals surface area contributed by atoms with Gasteiger partial charge in [0.25, 0.3) is 5.91 Å². The van der Waals surface area contributed by atoms with Gasteiger partial charge in [0, 0.05) is 5.69 Å². The molecular formula is C14H11Cl2NO. The van der Waals surface area contributed by atoms with Gasteiger partial charge in [-0.25, -0.2) is 0 Å². The quantitative estimate of drug-likeness (QED) is 0.858. The highest BCUT2D eigenvalue weighted by atomic mass is 35.5. The molecule has 0 saturated carbocycles. The molecule has 0 unspecified atom stereocenters. The number of hydrogen-bond donors (Lipinski definition) is 1. The second-order valence-corrected chi connectivity index (χ2v) is 4.71. The molecule has 4 heteroatoms. The van der Waals surface area contributed by atoms with Gasteiger partial charge in [0.2, 0.25) is 0 Å². The number of aryl methyl sites for hydroxylation is 1. The number of hydrogen-bond acceptors (Lipinski definition) is 1. The lowest BCUT2D eigenvalue weighted by Crippen LogP contribution is -2.12. The first kappa shape index (κ1) is 12.9. The number of carbonyl (C=O) groups is 1. The molecule has 0 aliphatic heterocycles. The van der Waals surface area contributed by atoms with Crippen LogP contribution in [0, 0.1) is 6.92 Å². The molecule has 0 aliphatic carbocycles. The summed E-state index contributed by atoms with van der Waals surface area (Å²) in [6, 6.07) is 12.5. The van der Waals surface area contributed by atoms with Crippen molar-refractivity contribution in [2.45, 2.75) is 6.92 Å². The summed E-state index contributed by atoms with van der Waals surface area (Å²) in [7, 11) is 0. The van der Waals surface area contributed by atoms with Gasteiger partial charge in [-0.05, 0) is 31.2 Å². The fourth-order valence-corrected chi connectivity index (χ4v) is 1.90. The van der Waals surface area contributed by atoms with Crippen molar-refractivity contribution in [1.29, 1.82) is 0 Å². The summed E-state index contributed by atoms with van der Waals surface area (Å²) in [6.45, 7) is 1.99. The first-order valence-corrected chi connectivity index (χ1v) is 6.15. The highest BCUT2D eigenvalue weighted by molar-refractivity contribution is 6.44. The molecule has 92 valence electrons. The van der Waals surface area contributed by atoms with Crippen LogP contribution in [-0.4, -0.2) is 5.91 Å². The lowest BCUT2D eigenvalue weighted by molar-refractivity contribution is 0.102. The summed E-state index contributed by atoms with van der Waals surface area (Å²) in [6.07, 6.45) is 0. The Morgan fingerprint density at radius 1 is 1.06 bits per heavy atom. The van der Waals surface area contributed by atoms with E-state index in [1.54, 1.807) is 18.2 Å². The van der Waals surface area contributed by atoms with Crippen LogP contribution in [-0.2, 0) is 0 Å². The summed E-state index contributed by atoms with van der Waals surface area (Å²) in [5.41, 5.74) is 2.22. The fourth-order valence-electron chi connectivity index (χ4n) is 1.51. The van der Waals surface area contributed by atoms with E-state index < -0.39 is 0 Å².